The first kappa shape index (κ1) is 13.9. The predicted octanol–water partition coefficient (Wildman–Crippen LogP) is 2.92. The molecule has 110 valence electrons. The Morgan fingerprint density at radius 1 is 1.24 bits per heavy atom. The van der Waals surface area contributed by atoms with E-state index in [4.69, 9.17) is 0 Å². The fraction of sp³-hybridized carbons (Fsp3) is 0.412. The summed E-state index contributed by atoms with van der Waals surface area (Å²) in [5, 5.41) is 9.40. The zero-order valence-corrected chi connectivity index (χ0v) is 11.9. The number of hydrogen-bond acceptors (Lipinski definition) is 2. The summed E-state index contributed by atoms with van der Waals surface area (Å²) in [6.45, 7) is 0. The number of amides is 1. The smallest absolute Gasteiger partial charge is 0.327 e. The Hall–Kier alpha value is -2.10. The molecule has 1 heterocycles. The maximum atomic E-state index is 12.6. The van der Waals surface area contributed by atoms with Crippen molar-refractivity contribution >= 4 is 17.6 Å². The quantitative estimate of drug-likeness (QED) is 0.869. The van der Waals surface area contributed by atoms with Crippen LogP contribution in [0.4, 0.5) is 5.69 Å². The number of fused-ring (bicyclic) bond motifs is 1. The summed E-state index contributed by atoms with van der Waals surface area (Å²) in [6.07, 6.45) is 7.17. The van der Waals surface area contributed by atoms with Crippen LogP contribution in [0.15, 0.2) is 35.9 Å². The third-order valence-electron chi connectivity index (χ3n) is 4.29. The maximum Gasteiger partial charge on any atom is 0.327 e. The highest BCUT2D eigenvalue weighted by molar-refractivity contribution is 6.02. The van der Waals surface area contributed by atoms with E-state index in [1.165, 1.54) is 11.3 Å². The number of benzene rings is 1. The summed E-state index contributed by atoms with van der Waals surface area (Å²) >= 11 is 0. The third-order valence-corrected chi connectivity index (χ3v) is 4.29. The number of aliphatic carboxylic acids is 1. The molecule has 0 spiro atoms. The normalized spacial score (nSPS) is 20.9. The van der Waals surface area contributed by atoms with Gasteiger partial charge in [0.05, 0.1) is 0 Å². The second-order valence-electron chi connectivity index (χ2n) is 5.74. The summed E-state index contributed by atoms with van der Waals surface area (Å²) in [6, 6.07) is 6.71. The van der Waals surface area contributed by atoms with E-state index in [1.54, 1.807) is 0 Å². The molecule has 0 saturated heterocycles. The number of carbonyl (C=O) groups excluding carboxylic acids is 1. The minimum Gasteiger partial charge on any atom is -0.480 e. The van der Waals surface area contributed by atoms with Gasteiger partial charge in [0.1, 0.15) is 6.04 Å². The van der Waals surface area contributed by atoms with Gasteiger partial charge in [0.15, 0.2) is 0 Å². The van der Waals surface area contributed by atoms with Gasteiger partial charge in [-0.1, -0.05) is 29.8 Å². The van der Waals surface area contributed by atoms with Gasteiger partial charge in [-0.15, -0.1) is 0 Å². The van der Waals surface area contributed by atoms with E-state index in [1.807, 2.05) is 24.3 Å². The van der Waals surface area contributed by atoms with E-state index in [0.29, 0.717) is 12.8 Å². The number of rotatable bonds is 3. The van der Waals surface area contributed by atoms with Crippen molar-refractivity contribution in [2.75, 3.05) is 4.90 Å². The molecule has 0 fully saturated rings. The molecule has 0 saturated carbocycles. The van der Waals surface area contributed by atoms with Gasteiger partial charge in [0.25, 0.3) is 0 Å². The monoisotopic (exact) mass is 285 g/mol. The van der Waals surface area contributed by atoms with E-state index in [-0.39, 0.29) is 5.91 Å². The van der Waals surface area contributed by atoms with Gasteiger partial charge < -0.3 is 5.11 Å². The van der Waals surface area contributed by atoms with Crippen LogP contribution >= 0.6 is 0 Å². The number of carbonyl (C=O) groups is 2. The maximum absolute atomic E-state index is 12.6. The van der Waals surface area contributed by atoms with Gasteiger partial charge in [-0.2, -0.15) is 0 Å². The van der Waals surface area contributed by atoms with Gasteiger partial charge in [-0.05, 0) is 37.3 Å². The van der Waals surface area contributed by atoms with E-state index < -0.39 is 12.0 Å². The first-order valence-electron chi connectivity index (χ1n) is 7.47. The Kier molecular flexibility index (Phi) is 3.78. The van der Waals surface area contributed by atoms with Crippen molar-refractivity contribution < 1.29 is 14.7 Å². The van der Waals surface area contributed by atoms with Crippen LogP contribution in [0.1, 0.15) is 37.7 Å². The van der Waals surface area contributed by atoms with Crippen molar-refractivity contribution in [1.82, 2.24) is 0 Å². The summed E-state index contributed by atoms with van der Waals surface area (Å²) in [7, 11) is 0. The van der Waals surface area contributed by atoms with Crippen molar-refractivity contribution in [2.45, 2.75) is 44.6 Å². The molecule has 1 aliphatic heterocycles. The van der Waals surface area contributed by atoms with Crippen molar-refractivity contribution in [3.05, 3.63) is 41.5 Å². The van der Waals surface area contributed by atoms with Gasteiger partial charge in [0.2, 0.25) is 5.91 Å². The van der Waals surface area contributed by atoms with Gasteiger partial charge in [-0.3, -0.25) is 9.69 Å². The van der Waals surface area contributed by atoms with Crippen LogP contribution in [0.3, 0.4) is 0 Å². The van der Waals surface area contributed by atoms with Crippen LogP contribution in [-0.2, 0) is 16.0 Å². The lowest BCUT2D eigenvalue weighted by atomic mass is 9.96. The number of hydrogen-bond donors (Lipinski definition) is 1. The average Bonchev–Trinajstić information content (AvgIpc) is 2.88. The van der Waals surface area contributed by atoms with E-state index in [0.717, 1.165) is 36.1 Å². The van der Waals surface area contributed by atoms with Crippen molar-refractivity contribution in [2.24, 2.45) is 0 Å². The SMILES string of the molecule is O=C(O)[C@@H]1Cc2ccccc2N1C(=O)CC1=CCCCC1. The second kappa shape index (κ2) is 5.72. The first-order chi connectivity index (χ1) is 10.2. The lowest BCUT2D eigenvalue weighted by Gasteiger charge is -2.24. The van der Waals surface area contributed by atoms with Crippen molar-refractivity contribution in [1.29, 1.82) is 0 Å². The van der Waals surface area contributed by atoms with E-state index in [2.05, 4.69) is 6.08 Å². The molecular weight excluding hydrogens is 266 g/mol. The third kappa shape index (κ3) is 2.71. The molecular formula is C17H19NO3. The Morgan fingerprint density at radius 3 is 2.76 bits per heavy atom. The topological polar surface area (TPSA) is 57.6 Å². The molecule has 0 bridgehead atoms. The van der Waals surface area contributed by atoms with Crippen LogP contribution in [0.2, 0.25) is 0 Å². The summed E-state index contributed by atoms with van der Waals surface area (Å²) in [5.74, 6) is -1.03. The van der Waals surface area contributed by atoms with Crippen LogP contribution in [0, 0.1) is 0 Å². The molecule has 1 atom stereocenters. The van der Waals surface area contributed by atoms with E-state index in [9.17, 15) is 14.7 Å². The minimum absolute atomic E-state index is 0.0968. The van der Waals surface area contributed by atoms with Crippen LogP contribution in [-0.4, -0.2) is 23.0 Å². The first-order valence-corrected chi connectivity index (χ1v) is 7.47. The average molecular weight is 285 g/mol. The zero-order valence-electron chi connectivity index (χ0n) is 11.9. The Morgan fingerprint density at radius 2 is 2.05 bits per heavy atom. The Balaban J connectivity index is 1.85. The predicted molar refractivity (Wildman–Crippen MR) is 80.2 cm³/mol. The highest BCUT2D eigenvalue weighted by atomic mass is 16.4. The minimum atomic E-state index is -0.933. The van der Waals surface area contributed by atoms with Crippen LogP contribution < -0.4 is 4.90 Å². The summed E-state index contributed by atoms with van der Waals surface area (Å²) in [5.41, 5.74) is 2.85. The number of anilines is 1. The molecule has 4 heteroatoms. The summed E-state index contributed by atoms with van der Waals surface area (Å²) < 4.78 is 0. The molecule has 3 rings (SSSR count). The highest BCUT2D eigenvalue weighted by Gasteiger charge is 2.38. The number of carboxylic acids is 1. The fourth-order valence-electron chi connectivity index (χ4n) is 3.24. The fourth-order valence-corrected chi connectivity index (χ4v) is 3.24. The molecule has 1 aromatic carbocycles. The lowest BCUT2D eigenvalue weighted by molar-refractivity contribution is -0.139. The standard InChI is InChI=1S/C17H19NO3/c19-16(10-12-6-2-1-3-7-12)18-14-9-5-4-8-13(14)11-15(18)17(20)21/h4-6,8-9,15H,1-3,7,10-11H2,(H,20,21)/t15-/m0/s1. The molecule has 1 amide bonds. The van der Waals surface area contributed by atoms with E-state index >= 15 is 0 Å². The number of allylic oxidation sites excluding steroid dienone is 1. The largest absolute Gasteiger partial charge is 0.480 e. The van der Waals surface area contributed by atoms with Crippen LogP contribution in [0.5, 0.6) is 0 Å². The molecule has 0 unspecified atom stereocenters. The summed E-state index contributed by atoms with van der Waals surface area (Å²) in [4.78, 5) is 25.6. The van der Waals surface area contributed by atoms with Gasteiger partial charge in [-0.25, -0.2) is 4.79 Å². The van der Waals surface area contributed by atoms with Gasteiger partial charge in [0, 0.05) is 18.5 Å². The van der Waals surface area contributed by atoms with Gasteiger partial charge >= 0.3 is 5.97 Å². The number of nitrogens with zero attached hydrogens (tertiary/aromatic N) is 1. The van der Waals surface area contributed by atoms with Crippen LogP contribution in [0.25, 0.3) is 0 Å². The molecule has 4 nitrogen and oxygen atoms in total. The van der Waals surface area contributed by atoms with Crippen molar-refractivity contribution in [3.63, 3.8) is 0 Å². The zero-order chi connectivity index (χ0) is 14.8. The molecule has 1 N–H and O–H groups in total. The molecule has 0 radical (unpaired) electrons. The molecule has 0 aromatic heterocycles. The molecule has 21 heavy (non-hydrogen) atoms. The molecule has 1 aromatic rings. The molecule has 1 aliphatic carbocycles. The van der Waals surface area contributed by atoms with Crippen molar-refractivity contribution in [3.8, 4) is 0 Å². The second-order valence-corrected chi connectivity index (χ2v) is 5.74. The number of carboxylic acid groups (broad SMARTS) is 1. The highest BCUT2D eigenvalue weighted by Crippen LogP contribution is 2.33. The molecule has 2 aliphatic rings. The Bertz CT molecular complexity index is 606. The lowest BCUT2D eigenvalue weighted by Crippen LogP contribution is -2.43. The number of para-hydroxylation sites is 1. The Labute approximate surface area is 124 Å².